The highest BCUT2D eigenvalue weighted by molar-refractivity contribution is 7.92. The standard InChI is InChI=1S/C19H25N3O3S2/c1-13-9-16-10-14(5-6-17(16)22(13)27(4,24)25)19(23)20-11-18(21(2)3)15-7-8-26-12-15/h5-8,10,12-13,18H,9,11H2,1-4H3,(H,20,23)/t13-,18+/m1/s1. The average molecular weight is 408 g/mol. The first-order chi connectivity index (χ1) is 12.7. The lowest BCUT2D eigenvalue weighted by atomic mass is 10.1. The Hall–Kier alpha value is -1.90. The van der Waals surface area contributed by atoms with Gasteiger partial charge in [0.15, 0.2) is 0 Å². The van der Waals surface area contributed by atoms with Crippen LogP contribution in [0.4, 0.5) is 5.69 Å². The average Bonchev–Trinajstić information content (AvgIpc) is 3.19. The summed E-state index contributed by atoms with van der Waals surface area (Å²) >= 11 is 1.64. The lowest BCUT2D eigenvalue weighted by molar-refractivity contribution is 0.0942. The van der Waals surface area contributed by atoms with Crippen LogP contribution in [-0.2, 0) is 16.4 Å². The third kappa shape index (κ3) is 4.17. The van der Waals surface area contributed by atoms with Gasteiger partial charge in [0.1, 0.15) is 0 Å². The van der Waals surface area contributed by atoms with E-state index in [1.165, 1.54) is 16.1 Å². The monoisotopic (exact) mass is 407 g/mol. The van der Waals surface area contributed by atoms with E-state index in [1.807, 2.05) is 32.5 Å². The molecule has 8 heteroatoms. The quantitative estimate of drug-likeness (QED) is 0.799. The zero-order chi connectivity index (χ0) is 19.8. The van der Waals surface area contributed by atoms with Crippen molar-refractivity contribution in [2.45, 2.75) is 25.4 Å². The largest absolute Gasteiger partial charge is 0.350 e. The minimum absolute atomic E-state index is 0.107. The second kappa shape index (κ2) is 7.61. The van der Waals surface area contributed by atoms with E-state index < -0.39 is 10.0 Å². The number of carbonyl (C=O) groups excluding carboxylic acids is 1. The van der Waals surface area contributed by atoms with E-state index in [0.29, 0.717) is 24.2 Å². The number of sulfonamides is 1. The lowest BCUT2D eigenvalue weighted by Gasteiger charge is -2.24. The van der Waals surface area contributed by atoms with Gasteiger partial charge in [-0.25, -0.2) is 8.42 Å². The summed E-state index contributed by atoms with van der Waals surface area (Å²) < 4.78 is 25.5. The SMILES string of the molecule is C[C@@H]1Cc2cc(C(=O)NC[C@@H](c3ccsc3)N(C)C)ccc2N1S(C)(=O)=O. The van der Waals surface area contributed by atoms with Gasteiger partial charge in [-0.3, -0.25) is 9.10 Å². The van der Waals surface area contributed by atoms with Gasteiger partial charge in [0.2, 0.25) is 10.0 Å². The molecule has 1 aliphatic heterocycles. The van der Waals surface area contributed by atoms with Crippen LogP contribution in [-0.4, -0.2) is 52.2 Å². The molecule has 0 spiro atoms. The number of carbonyl (C=O) groups is 1. The maximum atomic E-state index is 12.6. The van der Waals surface area contributed by atoms with Gasteiger partial charge in [-0.1, -0.05) is 0 Å². The van der Waals surface area contributed by atoms with E-state index in [2.05, 4.69) is 21.7 Å². The number of amides is 1. The van der Waals surface area contributed by atoms with Crippen LogP contribution in [0.25, 0.3) is 0 Å². The van der Waals surface area contributed by atoms with Crippen molar-refractivity contribution < 1.29 is 13.2 Å². The Bertz CT molecular complexity index is 924. The smallest absolute Gasteiger partial charge is 0.251 e. The second-order valence-corrected chi connectivity index (χ2v) is 9.84. The third-order valence-corrected chi connectivity index (χ3v) is 6.83. The summed E-state index contributed by atoms with van der Waals surface area (Å²) in [6.07, 6.45) is 1.82. The molecule has 1 aromatic carbocycles. The molecule has 0 aliphatic carbocycles. The van der Waals surface area contributed by atoms with E-state index in [-0.39, 0.29) is 18.0 Å². The lowest BCUT2D eigenvalue weighted by Crippen LogP contribution is -2.34. The molecule has 2 aromatic rings. The molecule has 6 nitrogen and oxygen atoms in total. The molecular formula is C19H25N3O3S2. The Labute approximate surface area is 164 Å². The highest BCUT2D eigenvalue weighted by Gasteiger charge is 2.32. The summed E-state index contributed by atoms with van der Waals surface area (Å²) in [5.41, 5.74) is 3.30. The maximum Gasteiger partial charge on any atom is 0.251 e. The molecule has 0 saturated carbocycles. The van der Waals surface area contributed by atoms with Crippen molar-refractivity contribution in [2.24, 2.45) is 0 Å². The zero-order valence-electron chi connectivity index (χ0n) is 16.0. The van der Waals surface area contributed by atoms with Crippen LogP contribution in [0.15, 0.2) is 35.0 Å². The molecule has 1 aliphatic rings. The molecular weight excluding hydrogens is 382 g/mol. The van der Waals surface area contributed by atoms with Crippen molar-refractivity contribution in [3.8, 4) is 0 Å². The first-order valence-corrected chi connectivity index (χ1v) is 11.6. The van der Waals surface area contributed by atoms with Gasteiger partial charge in [-0.2, -0.15) is 11.3 Å². The van der Waals surface area contributed by atoms with E-state index in [9.17, 15) is 13.2 Å². The first kappa shape index (κ1) is 19.9. The van der Waals surface area contributed by atoms with E-state index >= 15 is 0 Å². The molecule has 1 aromatic heterocycles. The van der Waals surface area contributed by atoms with Gasteiger partial charge in [0.05, 0.1) is 18.0 Å². The Morgan fingerprint density at radius 3 is 2.70 bits per heavy atom. The fourth-order valence-corrected chi connectivity index (χ4v) is 5.57. The van der Waals surface area contributed by atoms with Gasteiger partial charge >= 0.3 is 0 Å². The van der Waals surface area contributed by atoms with Gasteiger partial charge in [0.25, 0.3) is 5.91 Å². The fraction of sp³-hybridized carbons (Fsp3) is 0.421. The number of fused-ring (bicyclic) bond motifs is 1. The summed E-state index contributed by atoms with van der Waals surface area (Å²) in [5.74, 6) is -0.148. The van der Waals surface area contributed by atoms with Crippen LogP contribution in [0.1, 0.15) is 34.5 Å². The number of likely N-dealkylation sites (N-methyl/N-ethyl adjacent to an activating group) is 1. The van der Waals surface area contributed by atoms with Crippen LogP contribution in [0.2, 0.25) is 0 Å². The third-order valence-electron chi connectivity index (χ3n) is 4.86. The molecule has 0 saturated heterocycles. The van der Waals surface area contributed by atoms with E-state index in [1.54, 1.807) is 23.5 Å². The molecule has 0 fully saturated rings. The highest BCUT2D eigenvalue weighted by atomic mass is 32.2. The molecule has 0 unspecified atom stereocenters. The summed E-state index contributed by atoms with van der Waals surface area (Å²) in [4.78, 5) is 14.7. The molecule has 1 amide bonds. The second-order valence-electron chi connectivity index (χ2n) is 7.20. The Balaban J connectivity index is 1.74. The Morgan fingerprint density at radius 1 is 1.37 bits per heavy atom. The molecule has 2 heterocycles. The topological polar surface area (TPSA) is 69.7 Å². The number of hydrogen-bond acceptors (Lipinski definition) is 5. The van der Waals surface area contributed by atoms with Crippen LogP contribution in [0, 0.1) is 0 Å². The Morgan fingerprint density at radius 2 is 2.11 bits per heavy atom. The predicted octanol–water partition coefficient (Wildman–Crippen LogP) is 2.49. The molecule has 0 bridgehead atoms. The van der Waals surface area contributed by atoms with Crippen molar-refractivity contribution >= 4 is 33.0 Å². The number of nitrogens with one attached hydrogen (secondary N) is 1. The number of benzene rings is 1. The van der Waals surface area contributed by atoms with E-state index in [0.717, 1.165) is 5.56 Å². The minimum atomic E-state index is -3.33. The first-order valence-electron chi connectivity index (χ1n) is 8.77. The molecule has 1 N–H and O–H groups in total. The minimum Gasteiger partial charge on any atom is -0.350 e. The number of rotatable bonds is 6. The summed E-state index contributed by atoms with van der Waals surface area (Å²) in [7, 11) is 0.656. The van der Waals surface area contributed by atoms with Crippen molar-refractivity contribution in [1.82, 2.24) is 10.2 Å². The summed E-state index contributed by atoms with van der Waals surface area (Å²) in [6.45, 7) is 2.38. The number of hydrogen-bond donors (Lipinski definition) is 1. The van der Waals surface area contributed by atoms with Crippen molar-refractivity contribution in [1.29, 1.82) is 0 Å². The van der Waals surface area contributed by atoms with Gasteiger partial charge in [0, 0.05) is 18.2 Å². The molecule has 146 valence electrons. The molecule has 3 rings (SSSR count). The molecule has 0 radical (unpaired) electrons. The van der Waals surface area contributed by atoms with Crippen LogP contribution in [0.3, 0.4) is 0 Å². The summed E-state index contributed by atoms with van der Waals surface area (Å²) in [6, 6.07) is 7.27. The maximum absolute atomic E-state index is 12.6. The van der Waals surface area contributed by atoms with Gasteiger partial charge < -0.3 is 10.2 Å². The van der Waals surface area contributed by atoms with Crippen LogP contribution < -0.4 is 9.62 Å². The predicted molar refractivity (Wildman–Crippen MR) is 110 cm³/mol. The van der Waals surface area contributed by atoms with Gasteiger partial charge in [-0.15, -0.1) is 0 Å². The fourth-order valence-electron chi connectivity index (χ4n) is 3.60. The molecule has 27 heavy (non-hydrogen) atoms. The van der Waals surface area contributed by atoms with Crippen molar-refractivity contribution in [3.05, 3.63) is 51.7 Å². The normalized spacial score (nSPS) is 17.8. The summed E-state index contributed by atoms with van der Waals surface area (Å²) in [5, 5.41) is 7.13. The van der Waals surface area contributed by atoms with Gasteiger partial charge in [-0.05, 0) is 73.6 Å². The number of anilines is 1. The molecule has 2 atom stereocenters. The Kier molecular flexibility index (Phi) is 5.60. The zero-order valence-corrected chi connectivity index (χ0v) is 17.6. The van der Waals surface area contributed by atoms with Crippen LogP contribution in [0.5, 0.6) is 0 Å². The highest BCUT2D eigenvalue weighted by Crippen LogP contribution is 2.34. The van der Waals surface area contributed by atoms with Crippen LogP contribution >= 0.6 is 11.3 Å². The van der Waals surface area contributed by atoms with Crippen molar-refractivity contribution in [3.63, 3.8) is 0 Å². The number of thiophene rings is 1. The number of nitrogens with zero attached hydrogens (tertiary/aromatic N) is 2. The van der Waals surface area contributed by atoms with E-state index in [4.69, 9.17) is 0 Å². The van der Waals surface area contributed by atoms with Crippen molar-refractivity contribution in [2.75, 3.05) is 31.2 Å².